The third kappa shape index (κ3) is 18.0. The molecule has 0 radical (unpaired) electrons. The predicted molar refractivity (Wildman–Crippen MR) is 150 cm³/mol. The summed E-state index contributed by atoms with van der Waals surface area (Å²) in [6.07, 6.45) is -0.213. The van der Waals surface area contributed by atoms with Gasteiger partial charge in [-0.05, 0) is 85.0 Å². The Labute approximate surface area is 209 Å². The molecule has 2 N–H and O–H groups in total. The van der Waals surface area contributed by atoms with E-state index in [-0.39, 0.29) is 13.2 Å². The highest BCUT2D eigenvalue weighted by atomic mass is 28.5. The van der Waals surface area contributed by atoms with Gasteiger partial charge in [-0.25, -0.2) is 0 Å². The van der Waals surface area contributed by atoms with Crippen molar-refractivity contribution in [1.82, 2.24) is 0 Å². The van der Waals surface area contributed by atoms with Gasteiger partial charge in [-0.3, -0.25) is 0 Å². The summed E-state index contributed by atoms with van der Waals surface area (Å²) in [5.41, 5.74) is 0. The summed E-state index contributed by atoms with van der Waals surface area (Å²) in [5, 5.41) is 18.5. The van der Waals surface area contributed by atoms with Crippen molar-refractivity contribution < 1.29 is 35.5 Å². The SMILES string of the molecule is C[Si](C)(C)O[Si](C)(O[Si](C)(C)C)O[Si](CCCOCC(O)CO)(O[Si](C)(C)C)O[Si](C)(C)C. The topological polar surface area (TPSA) is 95.8 Å². The van der Waals surface area contributed by atoms with Gasteiger partial charge >= 0.3 is 17.6 Å². The van der Waals surface area contributed by atoms with Gasteiger partial charge in [0, 0.05) is 19.2 Å². The Bertz CT molecular complexity index is 537. The molecular formula is C19H52O8Si6. The second-order valence-electron chi connectivity index (χ2n) is 12.5. The maximum atomic E-state index is 9.54. The Morgan fingerprint density at radius 3 is 1.33 bits per heavy atom. The number of aliphatic hydroxyl groups is 2. The fourth-order valence-electron chi connectivity index (χ4n) is 3.27. The van der Waals surface area contributed by atoms with Crippen LogP contribution in [-0.4, -0.2) is 87.0 Å². The van der Waals surface area contributed by atoms with Gasteiger partial charge in [-0.15, -0.1) is 0 Å². The molecule has 0 saturated heterocycles. The molecule has 1 atom stereocenters. The van der Waals surface area contributed by atoms with Crippen LogP contribution in [0.1, 0.15) is 6.42 Å². The van der Waals surface area contributed by atoms with Crippen molar-refractivity contribution in [3.8, 4) is 0 Å². The van der Waals surface area contributed by atoms with Gasteiger partial charge in [0.15, 0.2) is 33.3 Å². The second kappa shape index (κ2) is 13.0. The van der Waals surface area contributed by atoms with Crippen molar-refractivity contribution in [1.29, 1.82) is 0 Å². The molecule has 0 rings (SSSR count). The smallest absolute Gasteiger partial charge is 0.417 e. The van der Waals surface area contributed by atoms with Crippen LogP contribution in [0.5, 0.6) is 0 Å². The maximum Gasteiger partial charge on any atom is 0.472 e. The Morgan fingerprint density at radius 2 is 1.00 bits per heavy atom. The van der Waals surface area contributed by atoms with Gasteiger partial charge in [-0.1, -0.05) is 0 Å². The summed E-state index contributed by atoms with van der Waals surface area (Å²) in [5.74, 6) is 0. The molecular weight excluding hydrogens is 525 g/mol. The molecule has 8 nitrogen and oxygen atoms in total. The first kappa shape index (κ1) is 34.0. The minimum Gasteiger partial charge on any atom is -0.417 e. The lowest BCUT2D eigenvalue weighted by atomic mass is 10.4. The van der Waals surface area contributed by atoms with E-state index in [4.69, 9.17) is 30.4 Å². The van der Waals surface area contributed by atoms with Gasteiger partial charge in [0.05, 0.1) is 13.2 Å². The number of ether oxygens (including phenoxy) is 1. The third-order valence-corrected chi connectivity index (χ3v) is 22.5. The van der Waals surface area contributed by atoms with Gasteiger partial charge in [0.1, 0.15) is 6.10 Å². The first-order chi connectivity index (χ1) is 14.5. The molecule has 0 aromatic rings. The van der Waals surface area contributed by atoms with E-state index in [2.05, 4.69) is 78.6 Å². The van der Waals surface area contributed by atoms with Crippen LogP contribution in [0.15, 0.2) is 0 Å². The average Bonchev–Trinajstić information content (AvgIpc) is 2.46. The van der Waals surface area contributed by atoms with E-state index in [1.165, 1.54) is 0 Å². The summed E-state index contributed by atoms with van der Waals surface area (Å²) < 4.78 is 39.4. The lowest BCUT2D eigenvalue weighted by Gasteiger charge is -2.46. The van der Waals surface area contributed by atoms with Gasteiger partial charge in [0.2, 0.25) is 0 Å². The molecule has 0 aliphatic carbocycles. The molecule has 0 aliphatic rings. The van der Waals surface area contributed by atoms with Gasteiger partial charge in [0.25, 0.3) is 0 Å². The quantitative estimate of drug-likeness (QED) is 0.190. The number of rotatable bonds is 17. The number of hydrogen-bond donors (Lipinski definition) is 2. The summed E-state index contributed by atoms with van der Waals surface area (Å²) >= 11 is 0. The molecule has 0 aliphatic heterocycles. The van der Waals surface area contributed by atoms with Crippen LogP contribution >= 0.6 is 0 Å². The van der Waals surface area contributed by atoms with Crippen LogP contribution < -0.4 is 0 Å². The van der Waals surface area contributed by atoms with E-state index in [0.29, 0.717) is 19.1 Å². The highest BCUT2D eigenvalue weighted by molar-refractivity contribution is 6.92. The molecule has 0 bridgehead atoms. The molecule has 1 unspecified atom stereocenters. The third-order valence-electron chi connectivity index (χ3n) is 3.54. The van der Waals surface area contributed by atoms with Crippen molar-refractivity contribution in [2.24, 2.45) is 0 Å². The predicted octanol–water partition coefficient (Wildman–Crippen LogP) is 4.68. The fourth-order valence-corrected chi connectivity index (χ4v) is 26.9. The molecule has 0 saturated carbocycles. The monoisotopic (exact) mass is 576 g/mol. The lowest BCUT2D eigenvalue weighted by Crippen LogP contribution is -2.66. The van der Waals surface area contributed by atoms with Crippen molar-refractivity contribution in [2.45, 2.75) is 104 Å². The van der Waals surface area contributed by atoms with E-state index in [9.17, 15) is 5.11 Å². The zero-order chi connectivity index (χ0) is 26.4. The Morgan fingerprint density at radius 1 is 0.606 bits per heavy atom. The Kier molecular flexibility index (Phi) is 13.4. The molecule has 0 amide bonds. The molecule has 33 heavy (non-hydrogen) atoms. The van der Waals surface area contributed by atoms with E-state index in [1.54, 1.807) is 0 Å². The summed E-state index contributed by atoms with van der Waals surface area (Å²) in [7, 11) is -14.3. The summed E-state index contributed by atoms with van der Waals surface area (Å²) in [4.78, 5) is 0. The first-order valence-electron chi connectivity index (χ1n) is 11.9. The van der Waals surface area contributed by atoms with E-state index >= 15 is 0 Å². The molecule has 200 valence electrons. The highest BCUT2D eigenvalue weighted by Gasteiger charge is 2.56. The van der Waals surface area contributed by atoms with Crippen LogP contribution in [0.3, 0.4) is 0 Å². The molecule has 0 heterocycles. The highest BCUT2D eigenvalue weighted by Crippen LogP contribution is 2.33. The van der Waals surface area contributed by atoms with Crippen LogP contribution in [0.2, 0.25) is 91.2 Å². The zero-order valence-corrected chi connectivity index (χ0v) is 29.5. The van der Waals surface area contributed by atoms with Crippen LogP contribution in [-0.2, 0) is 25.3 Å². The van der Waals surface area contributed by atoms with Crippen molar-refractivity contribution >= 4 is 50.9 Å². The number of hydrogen-bond acceptors (Lipinski definition) is 8. The number of aliphatic hydroxyl groups excluding tert-OH is 2. The largest absolute Gasteiger partial charge is 0.472 e. The van der Waals surface area contributed by atoms with Gasteiger partial charge in [-0.2, -0.15) is 0 Å². The fraction of sp³-hybridized carbons (Fsp3) is 1.00. The molecule has 0 fully saturated rings. The van der Waals surface area contributed by atoms with Crippen molar-refractivity contribution in [3.05, 3.63) is 0 Å². The summed E-state index contributed by atoms with van der Waals surface area (Å²) in [6.45, 7) is 28.0. The first-order valence-corrected chi connectivity index (χ1v) is 29.7. The van der Waals surface area contributed by atoms with Crippen LogP contribution in [0.25, 0.3) is 0 Å². The van der Waals surface area contributed by atoms with Crippen LogP contribution in [0, 0.1) is 0 Å². The Balaban J connectivity index is 6.06. The van der Waals surface area contributed by atoms with Crippen molar-refractivity contribution in [2.75, 3.05) is 19.8 Å². The Hall–Kier alpha value is 0.981. The lowest BCUT2D eigenvalue weighted by molar-refractivity contribution is 0.00591. The van der Waals surface area contributed by atoms with E-state index in [0.717, 1.165) is 0 Å². The molecule has 0 aromatic carbocycles. The maximum absolute atomic E-state index is 9.54. The minimum absolute atomic E-state index is 0.0968. The normalized spacial score (nSPS) is 15.7. The minimum atomic E-state index is -3.20. The summed E-state index contributed by atoms with van der Waals surface area (Å²) in [6, 6.07) is 0.587. The second-order valence-corrected chi connectivity index (χ2v) is 37.1. The molecule has 0 spiro atoms. The molecule has 14 heteroatoms. The van der Waals surface area contributed by atoms with Crippen LogP contribution in [0.4, 0.5) is 0 Å². The molecule has 0 aromatic heterocycles. The van der Waals surface area contributed by atoms with Gasteiger partial charge < -0.3 is 35.5 Å². The average molecular weight is 577 g/mol. The zero-order valence-electron chi connectivity index (χ0n) is 23.5. The van der Waals surface area contributed by atoms with Crippen molar-refractivity contribution in [3.63, 3.8) is 0 Å². The van der Waals surface area contributed by atoms with E-state index < -0.39 is 57.0 Å². The van der Waals surface area contributed by atoms with E-state index in [1.807, 2.05) is 6.55 Å². The standard InChI is InChI=1S/C19H52O8Si6/c1-28(2,3)23-32(13,24-29(4,5)6)27-33(25-30(7,8)9,26-31(10,11)12)16-14-15-22-18-19(21)17-20/h19-21H,14-18H2,1-13H3.